The summed E-state index contributed by atoms with van der Waals surface area (Å²) in [6, 6.07) is 5.73. The molecule has 0 radical (unpaired) electrons. The zero-order valence-electron chi connectivity index (χ0n) is 11.4. The third kappa shape index (κ3) is 4.67. The van der Waals surface area contributed by atoms with Crippen LogP contribution in [-0.2, 0) is 9.59 Å². The first-order chi connectivity index (χ1) is 8.95. The maximum Gasteiger partial charge on any atom is 0.243 e. The van der Waals surface area contributed by atoms with Crippen LogP contribution in [-0.4, -0.2) is 23.2 Å². The van der Waals surface area contributed by atoms with E-state index in [-0.39, 0.29) is 23.2 Å². The van der Waals surface area contributed by atoms with E-state index in [0.717, 1.165) is 16.8 Å². The van der Waals surface area contributed by atoms with Crippen LogP contribution in [0.25, 0.3) is 0 Å². The second-order valence-corrected chi connectivity index (χ2v) is 5.49. The summed E-state index contributed by atoms with van der Waals surface area (Å²) in [5, 5.41) is 5.38. The highest BCUT2D eigenvalue weighted by Crippen LogP contribution is 2.17. The van der Waals surface area contributed by atoms with E-state index in [1.165, 1.54) is 0 Å². The maximum atomic E-state index is 11.8. The SMILES string of the molecule is CCC(Br)C(=O)NCC(=O)Nc1cccc(C)c1C. The number of amides is 2. The van der Waals surface area contributed by atoms with Crippen molar-refractivity contribution >= 4 is 33.4 Å². The molecule has 0 aliphatic heterocycles. The Labute approximate surface area is 122 Å². The van der Waals surface area contributed by atoms with Crippen LogP contribution in [0, 0.1) is 13.8 Å². The Bertz CT molecular complexity index is 475. The molecule has 4 nitrogen and oxygen atoms in total. The van der Waals surface area contributed by atoms with E-state index in [1.54, 1.807) is 0 Å². The van der Waals surface area contributed by atoms with Crippen molar-refractivity contribution in [3.8, 4) is 0 Å². The number of carbonyl (C=O) groups is 2. The summed E-state index contributed by atoms with van der Waals surface area (Å²) in [5.41, 5.74) is 2.94. The predicted molar refractivity (Wildman–Crippen MR) is 80.6 cm³/mol. The van der Waals surface area contributed by atoms with Crippen LogP contribution in [0.5, 0.6) is 0 Å². The Hall–Kier alpha value is -1.36. The van der Waals surface area contributed by atoms with Crippen LogP contribution < -0.4 is 10.6 Å². The van der Waals surface area contributed by atoms with Gasteiger partial charge in [0.1, 0.15) is 0 Å². The van der Waals surface area contributed by atoms with E-state index in [9.17, 15) is 9.59 Å². The molecule has 1 aromatic carbocycles. The Morgan fingerprint density at radius 3 is 2.63 bits per heavy atom. The Morgan fingerprint density at radius 1 is 1.32 bits per heavy atom. The molecule has 0 aliphatic rings. The number of rotatable bonds is 5. The number of aryl methyl sites for hydroxylation is 1. The van der Waals surface area contributed by atoms with Crippen molar-refractivity contribution in [3.63, 3.8) is 0 Å². The molecule has 5 heteroatoms. The molecule has 0 spiro atoms. The second-order valence-electron chi connectivity index (χ2n) is 4.39. The van der Waals surface area contributed by atoms with Crippen LogP contribution in [0.2, 0.25) is 0 Å². The van der Waals surface area contributed by atoms with Crippen LogP contribution in [0.15, 0.2) is 18.2 Å². The number of halogens is 1. The van der Waals surface area contributed by atoms with Crippen molar-refractivity contribution in [2.24, 2.45) is 0 Å². The molecule has 104 valence electrons. The third-order valence-electron chi connectivity index (χ3n) is 2.94. The van der Waals surface area contributed by atoms with Crippen LogP contribution in [0.3, 0.4) is 0 Å². The van der Waals surface area contributed by atoms with Gasteiger partial charge < -0.3 is 10.6 Å². The highest BCUT2D eigenvalue weighted by atomic mass is 79.9. The normalized spacial score (nSPS) is 11.8. The van der Waals surface area contributed by atoms with Crippen molar-refractivity contribution in [3.05, 3.63) is 29.3 Å². The lowest BCUT2D eigenvalue weighted by molar-refractivity contribution is -0.123. The Morgan fingerprint density at radius 2 is 2.00 bits per heavy atom. The van der Waals surface area contributed by atoms with Gasteiger partial charge in [0.15, 0.2) is 0 Å². The molecule has 1 atom stereocenters. The number of hydrogen-bond acceptors (Lipinski definition) is 2. The molecule has 0 bridgehead atoms. The smallest absolute Gasteiger partial charge is 0.243 e. The van der Waals surface area contributed by atoms with Crippen LogP contribution >= 0.6 is 15.9 Å². The first-order valence-corrected chi connectivity index (χ1v) is 7.15. The van der Waals surface area contributed by atoms with E-state index in [4.69, 9.17) is 0 Å². The van der Waals surface area contributed by atoms with Crippen molar-refractivity contribution in [1.29, 1.82) is 0 Å². The molecule has 1 rings (SSSR count). The molecule has 0 saturated carbocycles. The number of benzene rings is 1. The lowest BCUT2D eigenvalue weighted by Gasteiger charge is -2.12. The van der Waals surface area contributed by atoms with E-state index in [0.29, 0.717) is 6.42 Å². The zero-order chi connectivity index (χ0) is 14.4. The topological polar surface area (TPSA) is 58.2 Å². The summed E-state index contributed by atoms with van der Waals surface area (Å²) >= 11 is 3.24. The lowest BCUT2D eigenvalue weighted by Crippen LogP contribution is -2.37. The van der Waals surface area contributed by atoms with Crippen molar-refractivity contribution in [2.75, 3.05) is 11.9 Å². The minimum absolute atomic E-state index is 0.0195. The standard InChI is InChI=1S/C14H19BrN2O2/c1-4-11(15)14(19)16-8-13(18)17-12-7-5-6-9(2)10(12)3/h5-7,11H,4,8H2,1-3H3,(H,16,19)(H,17,18). The van der Waals surface area contributed by atoms with Gasteiger partial charge >= 0.3 is 0 Å². The van der Waals surface area contributed by atoms with Gasteiger partial charge in [-0.3, -0.25) is 9.59 Å². The second kappa shape index (κ2) is 7.28. The summed E-state index contributed by atoms with van der Waals surface area (Å²) in [6.07, 6.45) is 0.685. The van der Waals surface area contributed by atoms with E-state index < -0.39 is 0 Å². The van der Waals surface area contributed by atoms with Gasteiger partial charge in [0.2, 0.25) is 11.8 Å². The zero-order valence-corrected chi connectivity index (χ0v) is 13.0. The maximum absolute atomic E-state index is 11.8. The minimum Gasteiger partial charge on any atom is -0.346 e. The number of anilines is 1. The molecule has 19 heavy (non-hydrogen) atoms. The summed E-state index contributed by atoms with van der Waals surface area (Å²) in [6.45, 7) is 5.82. The van der Waals surface area contributed by atoms with E-state index in [2.05, 4.69) is 26.6 Å². The minimum atomic E-state index is -0.249. The third-order valence-corrected chi connectivity index (χ3v) is 4.01. The summed E-state index contributed by atoms with van der Waals surface area (Å²) < 4.78 is 0. The first kappa shape index (κ1) is 15.7. The summed E-state index contributed by atoms with van der Waals surface area (Å²) in [4.78, 5) is 23.0. The molecule has 2 N–H and O–H groups in total. The first-order valence-electron chi connectivity index (χ1n) is 6.23. The number of carbonyl (C=O) groups excluding carboxylic acids is 2. The highest BCUT2D eigenvalue weighted by molar-refractivity contribution is 9.10. The fourth-order valence-corrected chi connectivity index (χ4v) is 1.71. The monoisotopic (exact) mass is 326 g/mol. The molecular weight excluding hydrogens is 308 g/mol. The Balaban J connectivity index is 2.52. The largest absolute Gasteiger partial charge is 0.346 e. The molecule has 0 aromatic heterocycles. The average Bonchev–Trinajstić information content (AvgIpc) is 2.40. The van der Waals surface area contributed by atoms with Gasteiger partial charge in [0.25, 0.3) is 0 Å². The quantitative estimate of drug-likeness (QED) is 0.817. The molecule has 2 amide bonds. The fraction of sp³-hybridized carbons (Fsp3) is 0.429. The van der Waals surface area contributed by atoms with Gasteiger partial charge in [-0.2, -0.15) is 0 Å². The van der Waals surface area contributed by atoms with Crippen molar-refractivity contribution in [1.82, 2.24) is 5.32 Å². The van der Waals surface area contributed by atoms with Gasteiger partial charge in [-0.05, 0) is 37.5 Å². The van der Waals surface area contributed by atoms with Gasteiger partial charge in [-0.1, -0.05) is 35.0 Å². The summed E-state index contributed by atoms with van der Waals surface area (Å²) in [5.74, 6) is -0.392. The number of nitrogens with one attached hydrogen (secondary N) is 2. The number of hydrogen-bond donors (Lipinski definition) is 2. The predicted octanol–water partition coefficient (Wildman–Crippen LogP) is 2.53. The van der Waals surface area contributed by atoms with Gasteiger partial charge in [-0.25, -0.2) is 0 Å². The van der Waals surface area contributed by atoms with Crippen LogP contribution in [0.4, 0.5) is 5.69 Å². The molecule has 0 heterocycles. The fourth-order valence-electron chi connectivity index (χ4n) is 1.54. The van der Waals surface area contributed by atoms with Crippen molar-refractivity contribution in [2.45, 2.75) is 32.0 Å². The Kier molecular flexibility index (Phi) is 6.02. The summed E-state index contributed by atoms with van der Waals surface area (Å²) in [7, 11) is 0. The highest BCUT2D eigenvalue weighted by Gasteiger charge is 2.13. The molecule has 0 aliphatic carbocycles. The average molecular weight is 327 g/mol. The lowest BCUT2D eigenvalue weighted by atomic mass is 10.1. The molecule has 0 fully saturated rings. The molecule has 0 saturated heterocycles. The van der Waals surface area contributed by atoms with E-state index >= 15 is 0 Å². The molecule has 1 aromatic rings. The van der Waals surface area contributed by atoms with Gasteiger partial charge in [0.05, 0.1) is 11.4 Å². The van der Waals surface area contributed by atoms with E-state index in [1.807, 2.05) is 39.0 Å². The van der Waals surface area contributed by atoms with Gasteiger partial charge in [0, 0.05) is 5.69 Å². The van der Waals surface area contributed by atoms with Gasteiger partial charge in [-0.15, -0.1) is 0 Å². The molecule has 1 unspecified atom stereocenters. The molecular formula is C14H19BrN2O2. The van der Waals surface area contributed by atoms with Crippen LogP contribution in [0.1, 0.15) is 24.5 Å². The van der Waals surface area contributed by atoms with Crippen molar-refractivity contribution < 1.29 is 9.59 Å². The number of alkyl halides is 1.